The molecule has 7 aromatic rings. The van der Waals surface area contributed by atoms with Gasteiger partial charge in [-0.15, -0.1) is 0 Å². The van der Waals surface area contributed by atoms with Crippen LogP contribution in [0.25, 0.3) is 10.8 Å². The minimum atomic E-state index is -4.72. The highest BCUT2D eigenvalue weighted by Gasteiger charge is 2.51. The van der Waals surface area contributed by atoms with Gasteiger partial charge in [0.05, 0.1) is 23.1 Å². The molecule has 2 fully saturated rings. The zero-order valence-electron chi connectivity index (χ0n) is 52.5. The van der Waals surface area contributed by atoms with Gasteiger partial charge in [0.2, 0.25) is 5.72 Å². The van der Waals surface area contributed by atoms with Gasteiger partial charge in [-0.05, 0) is 234 Å². The number of ether oxygens (including phenoxy) is 2. The lowest BCUT2D eigenvalue weighted by Crippen LogP contribution is -2.48. The molecule has 9 N–H and O–H groups in total. The number of phenolic OH excluding ortho intramolecular Hbond substituents is 1. The summed E-state index contributed by atoms with van der Waals surface area (Å²) < 4.78 is 55.8. The largest absolute Gasteiger partial charge is 0.508 e. The molecule has 1 saturated heterocycles. The fourth-order valence-electron chi connectivity index (χ4n) is 18.9. The van der Waals surface area contributed by atoms with Crippen LogP contribution in [0.4, 0.5) is 0 Å². The molecule has 13 heteroatoms. The Morgan fingerprint density at radius 3 is 2.38 bits per heavy atom. The third-order valence-corrected chi connectivity index (χ3v) is 24.6. The Hall–Kier alpha value is -7.28. The van der Waals surface area contributed by atoms with E-state index in [0.717, 1.165) is 90.3 Å². The number of fused-ring (bicyclic) bond motifs is 10. The minimum Gasteiger partial charge on any atom is -0.508 e. The van der Waals surface area contributed by atoms with Crippen LogP contribution in [0.3, 0.4) is 0 Å². The third-order valence-electron chi connectivity index (χ3n) is 23.3. The summed E-state index contributed by atoms with van der Waals surface area (Å²) in [5.41, 5.74) is 24.9. The van der Waals surface area contributed by atoms with Crippen molar-refractivity contribution in [1.29, 1.82) is 0 Å². The van der Waals surface area contributed by atoms with Gasteiger partial charge in [-0.2, -0.15) is 8.42 Å². The molecule has 5 aliphatic heterocycles. The SMILES string of the molecule is C[C@@H]1CCc2cc3ccc2[C@H]1C[C@@H](S(=O)(=O)O)[C@H]1C=C2C[C@H](C[C@H]4C[C@@H](CO)CC#Cc5cc(O)ccc5[C@@H]2O4)[C@@H]1c1ccc(cc1)[C@](C[C@H](Cc1ccccc1)[C@@]1(O)CCC[C@H](c2ccc4c(c2)CCc2ccc5cccc6c5c2[C@@H](CC6)[C@@H]4O)C1)(N=C(N)N)O3. The average Bonchev–Trinajstić information content (AvgIpc) is 1.11. The molecule has 7 aromatic carbocycles. The molecule has 10 bridgehead atoms. The second-order valence-electron chi connectivity index (χ2n) is 28.8. The first-order valence-electron chi connectivity index (χ1n) is 33.9. The van der Waals surface area contributed by atoms with Gasteiger partial charge >= 0.3 is 0 Å². The van der Waals surface area contributed by atoms with Gasteiger partial charge in [0.25, 0.3) is 10.1 Å². The minimum absolute atomic E-state index is 0.0102. The zero-order valence-corrected chi connectivity index (χ0v) is 53.3. The number of rotatable bonds is 9. The van der Waals surface area contributed by atoms with E-state index in [2.05, 4.69) is 110 Å². The summed E-state index contributed by atoms with van der Waals surface area (Å²) >= 11 is 0. The van der Waals surface area contributed by atoms with Crippen molar-refractivity contribution < 1.29 is 42.9 Å². The first-order chi connectivity index (χ1) is 44.5. The number of nitrogens with two attached hydrogens (primary N) is 2. The molecule has 17 rings (SSSR count). The van der Waals surface area contributed by atoms with E-state index in [1.54, 1.807) is 12.1 Å². The van der Waals surface area contributed by atoms with E-state index in [4.69, 9.17) is 25.9 Å². The molecule has 0 spiro atoms. The summed E-state index contributed by atoms with van der Waals surface area (Å²) in [4.78, 5) is 5.23. The Labute approximate surface area is 541 Å². The number of benzene rings is 7. The van der Waals surface area contributed by atoms with E-state index < -0.39 is 56.7 Å². The molecule has 1 saturated carbocycles. The third kappa shape index (κ3) is 11.3. The highest BCUT2D eigenvalue weighted by atomic mass is 32.2. The summed E-state index contributed by atoms with van der Waals surface area (Å²) in [6.45, 7) is 2.10. The summed E-state index contributed by atoms with van der Waals surface area (Å²) in [6.07, 6.45) is 11.2. The van der Waals surface area contributed by atoms with Crippen molar-refractivity contribution in [1.82, 2.24) is 0 Å². The van der Waals surface area contributed by atoms with E-state index >= 15 is 0 Å². The number of phenols is 1. The van der Waals surface area contributed by atoms with Crippen LogP contribution in [-0.2, 0) is 52.7 Å². The lowest BCUT2D eigenvalue weighted by atomic mass is 9.64. The number of aryl methyl sites for hydroxylation is 4. The van der Waals surface area contributed by atoms with Gasteiger partial charge in [0, 0.05) is 48.0 Å². The molecule has 0 radical (unpaired) electrons. The van der Waals surface area contributed by atoms with Gasteiger partial charge in [0.15, 0.2) is 5.96 Å². The molecule has 476 valence electrons. The van der Waals surface area contributed by atoms with Crippen LogP contribution in [0.15, 0.2) is 156 Å². The molecule has 0 aromatic heterocycles. The highest BCUT2D eigenvalue weighted by molar-refractivity contribution is 7.86. The van der Waals surface area contributed by atoms with Crippen molar-refractivity contribution in [3.8, 4) is 23.3 Å². The maximum absolute atomic E-state index is 14.6. The molecule has 0 unspecified atom stereocenters. The summed E-state index contributed by atoms with van der Waals surface area (Å²) in [7, 11) is -4.72. The Balaban J connectivity index is 0.836. The van der Waals surface area contributed by atoms with Gasteiger partial charge < -0.3 is 41.4 Å². The Morgan fingerprint density at radius 1 is 0.783 bits per heavy atom. The number of aliphatic hydroxyl groups excluding tert-OH is 2. The number of guanidine groups is 1. The van der Waals surface area contributed by atoms with Gasteiger partial charge in [0.1, 0.15) is 17.6 Å². The topological polar surface area (TPSA) is 218 Å². The van der Waals surface area contributed by atoms with Crippen molar-refractivity contribution >= 4 is 26.9 Å². The summed E-state index contributed by atoms with van der Waals surface area (Å²) in [5, 5.41) is 49.3. The molecule has 10 aliphatic rings. The predicted octanol–water partition coefficient (Wildman–Crippen LogP) is 13.5. The number of aromatic hydroxyl groups is 1. The summed E-state index contributed by atoms with van der Waals surface area (Å²) in [6, 6.07) is 47.6. The molecule has 15 atom stereocenters. The van der Waals surface area contributed by atoms with Crippen LogP contribution in [-0.4, -0.2) is 62.9 Å². The number of aliphatic imine (C=N–C) groups is 1. The highest BCUT2D eigenvalue weighted by Crippen LogP contribution is 2.57. The van der Waals surface area contributed by atoms with Crippen LogP contribution >= 0.6 is 0 Å². The second kappa shape index (κ2) is 24.2. The van der Waals surface area contributed by atoms with Crippen molar-refractivity contribution in [3.63, 3.8) is 0 Å². The normalized spacial score (nSPS) is 30.7. The van der Waals surface area contributed by atoms with Gasteiger partial charge in [-0.1, -0.05) is 140 Å². The van der Waals surface area contributed by atoms with Crippen molar-refractivity contribution in [2.45, 2.75) is 175 Å². The molecule has 5 aliphatic carbocycles. The molecular formula is C79H85N3O9S. The maximum Gasteiger partial charge on any atom is 0.268 e. The molecule has 5 heterocycles. The smallest absolute Gasteiger partial charge is 0.268 e. The van der Waals surface area contributed by atoms with E-state index in [9.17, 15) is 33.4 Å². The Morgan fingerprint density at radius 2 is 1.57 bits per heavy atom. The monoisotopic (exact) mass is 1250 g/mol. The van der Waals surface area contributed by atoms with E-state index in [1.807, 2.05) is 42.5 Å². The number of allylic oxidation sites excluding steroid dienone is 1. The first kappa shape index (κ1) is 60.9. The molecular weight excluding hydrogens is 1170 g/mol. The lowest BCUT2D eigenvalue weighted by molar-refractivity contribution is -0.0834. The van der Waals surface area contributed by atoms with Crippen molar-refractivity contribution in [2.24, 2.45) is 46.0 Å². The van der Waals surface area contributed by atoms with Crippen molar-refractivity contribution in [3.05, 3.63) is 224 Å². The molecule has 0 amide bonds. The lowest BCUT2D eigenvalue weighted by Gasteiger charge is -2.46. The molecule has 12 nitrogen and oxygen atoms in total. The summed E-state index contributed by atoms with van der Waals surface area (Å²) in [5.74, 6) is 4.97. The molecule has 92 heavy (non-hydrogen) atoms. The van der Waals surface area contributed by atoms with E-state index in [0.29, 0.717) is 61.8 Å². The van der Waals surface area contributed by atoms with Crippen LogP contribution < -0.4 is 16.2 Å². The fourth-order valence-corrected chi connectivity index (χ4v) is 19.9. The maximum atomic E-state index is 14.6. The Bertz CT molecular complexity index is 4230. The first-order valence-corrected chi connectivity index (χ1v) is 35.4. The number of hydrogen-bond donors (Lipinski definition) is 7. The number of hydrogen-bond acceptors (Lipinski definition) is 9. The van der Waals surface area contributed by atoms with Gasteiger partial charge in [-0.25, -0.2) is 4.99 Å². The number of nitrogens with zero attached hydrogens (tertiary/aromatic N) is 1. The van der Waals surface area contributed by atoms with Crippen LogP contribution in [0, 0.1) is 41.4 Å². The quantitative estimate of drug-likeness (QED) is 0.0237. The van der Waals surface area contributed by atoms with E-state index in [1.165, 1.54) is 38.6 Å². The average molecular weight is 1250 g/mol. The van der Waals surface area contributed by atoms with Crippen LogP contribution in [0.2, 0.25) is 0 Å². The second-order valence-corrected chi connectivity index (χ2v) is 30.4. The van der Waals surface area contributed by atoms with E-state index in [-0.39, 0.29) is 72.8 Å². The zero-order chi connectivity index (χ0) is 63.2. The Kier molecular flexibility index (Phi) is 16.1. The van der Waals surface area contributed by atoms with Crippen LogP contribution in [0.5, 0.6) is 11.5 Å². The van der Waals surface area contributed by atoms with Crippen LogP contribution in [0.1, 0.15) is 192 Å². The predicted molar refractivity (Wildman–Crippen MR) is 359 cm³/mol. The fraction of sp³-hybridized carbons (Fsp3) is 0.430. The standard InChI is InChI=1S/C79H85N3O9S/c1-46-15-16-56-39-63-28-32-65(56)69(46)42-71(92(87,88)89)70-41-59-37-58(40-64-35-48(45-83)10-5-13-54-38-62(84)27-31-67(54)76(59)90-64)72(70)51-21-25-60(26-22-51)79(91-63,82-77(80)81)44-61(34-47-8-3-2-4-9-47)78(86)33-7-14-57(43-78)53-24-29-66-55(36-53)20-19-52-18-17-49-11-6-12-50-23-30-68(75(66)85)74(52)73(49)50/h2-4,6,8-9,11-12,17-18,21-22,24-29,31-32,36,38-39,41,46,48,57-58,61,64,68-72,75-76,83-86H,7,10,14-16,19-20,23,30,33-35,37,40,42-45H2,1H3,(H4,80,81,82)(H,87,88,89)/t46-,48+,57+,58-,61+,64-,68-,69+,70-,71-,72+,75-,76-,78-,79-/m1/s1. The number of aliphatic hydroxyl groups is 3. The van der Waals surface area contributed by atoms with Crippen molar-refractivity contribution in [2.75, 3.05) is 6.61 Å². The van der Waals surface area contributed by atoms with Gasteiger partial charge in [-0.3, -0.25) is 4.55 Å².